The highest BCUT2D eigenvalue weighted by Gasteiger charge is 2.22. The van der Waals surface area contributed by atoms with Crippen LogP contribution in [0.15, 0.2) is 4.47 Å². The van der Waals surface area contributed by atoms with Crippen LogP contribution in [0.5, 0.6) is 0 Å². The van der Waals surface area contributed by atoms with Crippen molar-refractivity contribution in [3.8, 4) is 0 Å². The first-order chi connectivity index (χ1) is 8.08. The van der Waals surface area contributed by atoms with Gasteiger partial charge in [-0.05, 0) is 22.9 Å². The Morgan fingerprint density at radius 1 is 1.53 bits per heavy atom. The molecule has 1 saturated heterocycles. The van der Waals surface area contributed by atoms with Crippen molar-refractivity contribution in [1.82, 2.24) is 9.78 Å². The standard InChI is InChI=1S/C11H17BrN2O3/c1-7-11(12)9(14(2)13-7)5-8(15)6-10-16-3-4-17-10/h8,10,15H,3-6H2,1-2H3. The Bertz CT molecular complexity index is 388. The first-order valence-electron chi connectivity index (χ1n) is 5.67. The predicted octanol–water partition coefficient (Wildman–Crippen LogP) is 1.16. The minimum Gasteiger partial charge on any atom is -0.393 e. The molecule has 6 heteroatoms. The smallest absolute Gasteiger partial charge is 0.160 e. The number of nitrogens with zero attached hydrogens (tertiary/aromatic N) is 2. The van der Waals surface area contributed by atoms with Gasteiger partial charge in [-0.1, -0.05) is 0 Å². The summed E-state index contributed by atoms with van der Waals surface area (Å²) in [6.07, 6.45) is 0.292. The van der Waals surface area contributed by atoms with E-state index in [1.165, 1.54) is 0 Å². The third-order valence-corrected chi connectivity index (χ3v) is 3.88. The van der Waals surface area contributed by atoms with Gasteiger partial charge in [0.2, 0.25) is 0 Å². The van der Waals surface area contributed by atoms with Crippen molar-refractivity contribution in [2.75, 3.05) is 13.2 Å². The Morgan fingerprint density at radius 2 is 2.18 bits per heavy atom. The molecule has 1 N–H and O–H groups in total. The summed E-state index contributed by atoms with van der Waals surface area (Å²) in [5.41, 5.74) is 1.93. The number of aliphatic hydroxyl groups is 1. The minimum atomic E-state index is -0.482. The van der Waals surface area contributed by atoms with E-state index in [4.69, 9.17) is 9.47 Å². The molecule has 1 aromatic heterocycles. The molecule has 1 aliphatic rings. The number of halogens is 1. The van der Waals surface area contributed by atoms with E-state index in [0.717, 1.165) is 15.9 Å². The normalized spacial score (nSPS) is 18.8. The largest absolute Gasteiger partial charge is 0.393 e. The fraction of sp³-hybridized carbons (Fsp3) is 0.727. The molecular weight excluding hydrogens is 288 g/mol. The Balaban J connectivity index is 1.95. The minimum absolute atomic E-state index is 0.266. The van der Waals surface area contributed by atoms with E-state index in [1.54, 1.807) is 4.68 Å². The second kappa shape index (κ2) is 5.48. The summed E-state index contributed by atoms with van der Waals surface area (Å²) in [5, 5.41) is 14.3. The molecule has 2 rings (SSSR count). The summed E-state index contributed by atoms with van der Waals surface area (Å²) < 4.78 is 13.4. The van der Waals surface area contributed by atoms with Crippen molar-refractivity contribution >= 4 is 15.9 Å². The number of ether oxygens (including phenoxy) is 2. The molecule has 5 nitrogen and oxygen atoms in total. The molecule has 0 spiro atoms. The van der Waals surface area contributed by atoms with Crippen LogP contribution in [0.1, 0.15) is 17.8 Å². The highest BCUT2D eigenvalue weighted by Crippen LogP contribution is 2.23. The monoisotopic (exact) mass is 304 g/mol. The zero-order chi connectivity index (χ0) is 12.4. The lowest BCUT2D eigenvalue weighted by Crippen LogP contribution is -2.21. The highest BCUT2D eigenvalue weighted by molar-refractivity contribution is 9.10. The number of aryl methyl sites for hydroxylation is 2. The van der Waals surface area contributed by atoms with Gasteiger partial charge in [-0.15, -0.1) is 0 Å². The summed E-state index contributed by atoms with van der Waals surface area (Å²) in [4.78, 5) is 0. The summed E-state index contributed by atoms with van der Waals surface area (Å²) in [6, 6.07) is 0. The molecule has 0 saturated carbocycles. The van der Waals surface area contributed by atoms with Gasteiger partial charge in [0.25, 0.3) is 0 Å². The van der Waals surface area contributed by atoms with E-state index >= 15 is 0 Å². The Hall–Kier alpha value is -0.430. The predicted molar refractivity (Wildman–Crippen MR) is 65.7 cm³/mol. The van der Waals surface area contributed by atoms with Crippen LogP contribution in [-0.4, -0.2) is 40.5 Å². The average molecular weight is 305 g/mol. The van der Waals surface area contributed by atoms with Gasteiger partial charge in [0.1, 0.15) is 0 Å². The lowest BCUT2D eigenvalue weighted by molar-refractivity contribution is -0.0700. The molecule has 1 fully saturated rings. The molecule has 0 amide bonds. The Labute approximate surface area is 109 Å². The van der Waals surface area contributed by atoms with Crippen LogP contribution in [0.3, 0.4) is 0 Å². The second-order valence-electron chi connectivity index (χ2n) is 4.23. The quantitative estimate of drug-likeness (QED) is 0.907. The molecule has 1 unspecified atom stereocenters. The fourth-order valence-electron chi connectivity index (χ4n) is 1.97. The third-order valence-electron chi connectivity index (χ3n) is 2.85. The van der Waals surface area contributed by atoms with E-state index < -0.39 is 6.10 Å². The van der Waals surface area contributed by atoms with Crippen molar-refractivity contribution in [1.29, 1.82) is 0 Å². The number of rotatable bonds is 4. The van der Waals surface area contributed by atoms with Crippen LogP contribution in [0.25, 0.3) is 0 Å². The molecule has 0 aromatic carbocycles. The maximum absolute atomic E-state index is 10.00. The van der Waals surface area contributed by atoms with Crippen LogP contribution in [0.4, 0.5) is 0 Å². The van der Waals surface area contributed by atoms with Crippen LogP contribution < -0.4 is 0 Å². The van der Waals surface area contributed by atoms with Crippen LogP contribution >= 0.6 is 15.9 Å². The molecule has 0 radical (unpaired) electrons. The van der Waals surface area contributed by atoms with Gasteiger partial charge in [0, 0.05) is 19.9 Å². The van der Waals surface area contributed by atoms with Gasteiger partial charge >= 0.3 is 0 Å². The number of aliphatic hydroxyl groups excluding tert-OH is 1. The van der Waals surface area contributed by atoms with E-state index in [2.05, 4.69) is 21.0 Å². The van der Waals surface area contributed by atoms with E-state index in [9.17, 15) is 5.11 Å². The van der Waals surface area contributed by atoms with Crippen molar-refractivity contribution < 1.29 is 14.6 Å². The molecule has 0 aliphatic carbocycles. The molecule has 1 aromatic rings. The first-order valence-corrected chi connectivity index (χ1v) is 6.46. The van der Waals surface area contributed by atoms with Gasteiger partial charge in [-0.25, -0.2) is 0 Å². The summed E-state index contributed by atoms with van der Waals surface area (Å²) in [7, 11) is 1.88. The topological polar surface area (TPSA) is 56.5 Å². The van der Waals surface area contributed by atoms with Crippen LogP contribution in [0, 0.1) is 6.92 Å². The zero-order valence-electron chi connectivity index (χ0n) is 10.0. The zero-order valence-corrected chi connectivity index (χ0v) is 11.6. The molecule has 1 aliphatic heterocycles. The lowest BCUT2D eigenvalue weighted by atomic mass is 10.1. The SMILES string of the molecule is Cc1nn(C)c(CC(O)CC2OCCO2)c1Br. The van der Waals surface area contributed by atoms with Gasteiger partial charge in [-0.2, -0.15) is 5.10 Å². The molecule has 2 heterocycles. The van der Waals surface area contributed by atoms with E-state index in [1.807, 2.05) is 14.0 Å². The van der Waals surface area contributed by atoms with Gasteiger partial charge < -0.3 is 14.6 Å². The van der Waals surface area contributed by atoms with E-state index in [0.29, 0.717) is 26.1 Å². The maximum atomic E-state index is 10.00. The molecule has 96 valence electrons. The maximum Gasteiger partial charge on any atom is 0.160 e. The van der Waals surface area contributed by atoms with Crippen molar-refractivity contribution in [2.24, 2.45) is 7.05 Å². The van der Waals surface area contributed by atoms with Crippen LogP contribution in [-0.2, 0) is 22.9 Å². The number of hydrogen-bond donors (Lipinski definition) is 1. The summed E-state index contributed by atoms with van der Waals surface area (Å²) in [5.74, 6) is 0. The second-order valence-corrected chi connectivity index (χ2v) is 5.03. The van der Waals surface area contributed by atoms with Crippen LogP contribution in [0.2, 0.25) is 0 Å². The first kappa shape index (κ1) is 13.0. The van der Waals surface area contributed by atoms with Crippen molar-refractivity contribution in [2.45, 2.75) is 32.2 Å². The summed E-state index contributed by atoms with van der Waals surface area (Å²) >= 11 is 3.49. The molecular formula is C11H17BrN2O3. The average Bonchev–Trinajstić information content (AvgIpc) is 2.83. The van der Waals surface area contributed by atoms with Crippen molar-refractivity contribution in [3.63, 3.8) is 0 Å². The Kier molecular flexibility index (Phi) is 4.19. The van der Waals surface area contributed by atoms with E-state index in [-0.39, 0.29) is 6.29 Å². The van der Waals surface area contributed by atoms with Gasteiger partial charge in [0.15, 0.2) is 6.29 Å². The Morgan fingerprint density at radius 3 is 2.71 bits per heavy atom. The number of hydrogen-bond acceptors (Lipinski definition) is 4. The van der Waals surface area contributed by atoms with Crippen molar-refractivity contribution in [3.05, 3.63) is 15.9 Å². The lowest BCUT2D eigenvalue weighted by Gasteiger charge is -2.15. The molecule has 17 heavy (non-hydrogen) atoms. The highest BCUT2D eigenvalue weighted by atomic mass is 79.9. The molecule has 1 atom stereocenters. The number of aromatic nitrogens is 2. The van der Waals surface area contributed by atoms with Gasteiger partial charge in [0.05, 0.1) is 35.2 Å². The molecule has 0 bridgehead atoms. The van der Waals surface area contributed by atoms with Gasteiger partial charge in [-0.3, -0.25) is 4.68 Å². The fourth-order valence-corrected chi connectivity index (χ4v) is 2.47. The third kappa shape index (κ3) is 3.07. The summed E-state index contributed by atoms with van der Waals surface area (Å²) in [6.45, 7) is 3.17.